The predicted octanol–water partition coefficient (Wildman–Crippen LogP) is 5.56. The van der Waals surface area contributed by atoms with Gasteiger partial charge in [-0.05, 0) is 49.1 Å². The van der Waals surface area contributed by atoms with Crippen LogP contribution in [0.3, 0.4) is 0 Å². The quantitative estimate of drug-likeness (QED) is 0.750. The number of halogens is 2. The SMILES string of the molecule is CCC(C)(C)C1CCC(NCc2ccc(Cl)cc2F)CC1. The zero-order chi connectivity index (χ0) is 15.5. The van der Waals surface area contributed by atoms with E-state index in [1.165, 1.54) is 38.2 Å². The van der Waals surface area contributed by atoms with Gasteiger partial charge in [0, 0.05) is 23.2 Å². The molecular formula is C18H27ClFN. The van der Waals surface area contributed by atoms with Gasteiger partial charge in [-0.1, -0.05) is 44.9 Å². The van der Waals surface area contributed by atoms with Gasteiger partial charge in [0.2, 0.25) is 0 Å². The van der Waals surface area contributed by atoms with Crippen LogP contribution in [0, 0.1) is 17.2 Å². The molecule has 1 nitrogen and oxygen atoms in total. The fourth-order valence-electron chi connectivity index (χ4n) is 3.29. The van der Waals surface area contributed by atoms with Crippen LogP contribution in [0.2, 0.25) is 5.02 Å². The molecule has 2 rings (SSSR count). The van der Waals surface area contributed by atoms with Crippen molar-refractivity contribution in [2.75, 3.05) is 0 Å². The summed E-state index contributed by atoms with van der Waals surface area (Å²) in [6.07, 6.45) is 6.20. The second kappa shape index (κ2) is 7.11. The van der Waals surface area contributed by atoms with E-state index in [9.17, 15) is 4.39 Å². The van der Waals surface area contributed by atoms with Crippen LogP contribution in [-0.4, -0.2) is 6.04 Å². The van der Waals surface area contributed by atoms with Gasteiger partial charge in [-0.25, -0.2) is 4.39 Å². The van der Waals surface area contributed by atoms with Crippen molar-refractivity contribution in [3.63, 3.8) is 0 Å². The smallest absolute Gasteiger partial charge is 0.129 e. The summed E-state index contributed by atoms with van der Waals surface area (Å²) < 4.78 is 13.7. The van der Waals surface area contributed by atoms with Crippen molar-refractivity contribution in [1.82, 2.24) is 5.32 Å². The molecule has 1 aromatic carbocycles. The Morgan fingerprint density at radius 1 is 1.24 bits per heavy atom. The summed E-state index contributed by atoms with van der Waals surface area (Å²) >= 11 is 5.78. The number of hydrogen-bond acceptors (Lipinski definition) is 1. The Labute approximate surface area is 133 Å². The van der Waals surface area contributed by atoms with Gasteiger partial charge >= 0.3 is 0 Å². The van der Waals surface area contributed by atoms with E-state index in [4.69, 9.17) is 11.6 Å². The van der Waals surface area contributed by atoms with Crippen molar-refractivity contribution >= 4 is 11.6 Å². The number of benzene rings is 1. The molecule has 1 aromatic rings. The first-order valence-electron chi connectivity index (χ1n) is 8.09. The van der Waals surface area contributed by atoms with Gasteiger partial charge in [0.1, 0.15) is 5.82 Å². The van der Waals surface area contributed by atoms with E-state index in [-0.39, 0.29) is 5.82 Å². The first kappa shape index (κ1) is 16.8. The third-order valence-corrected chi connectivity index (χ3v) is 5.57. The van der Waals surface area contributed by atoms with Crippen LogP contribution < -0.4 is 5.32 Å². The molecule has 0 heterocycles. The standard InChI is InChI=1S/C18H27ClFN/c1-4-18(2,3)14-6-9-16(10-7-14)21-12-13-5-8-15(19)11-17(13)20/h5,8,11,14,16,21H,4,6-7,9-10,12H2,1-3H3. The van der Waals surface area contributed by atoms with Crippen LogP contribution in [0.15, 0.2) is 18.2 Å². The van der Waals surface area contributed by atoms with E-state index < -0.39 is 0 Å². The highest BCUT2D eigenvalue weighted by Crippen LogP contribution is 2.40. The Bertz CT molecular complexity index is 464. The van der Waals surface area contributed by atoms with Crippen LogP contribution in [0.4, 0.5) is 4.39 Å². The van der Waals surface area contributed by atoms with Gasteiger partial charge in [0.15, 0.2) is 0 Å². The zero-order valence-electron chi connectivity index (χ0n) is 13.4. The molecule has 0 unspecified atom stereocenters. The van der Waals surface area contributed by atoms with Gasteiger partial charge in [0.05, 0.1) is 0 Å². The van der Waals surface area contributed by atoms with Crippen LogP contribution in [0.25, 0.3) is 0 Å². The summed E-state index contributed by atoms with van der Waals surface area (Å²) in [6, 6.07) is 5.43. The lowest BCUT2D eigenvalue weighted by Gasteiger charge is -2.39. The summed E-state index contributed by atoms with van der Waals surface area (Å²) in [5.41, 5.74) is 1.16. The van der Waals surface area contributed by atoms with Gasteiger partial charge in [-0.15, -0.1) is 0 Å². The van der Waals surface area contributed by atoms with Gasteiger partial charge in [0.25, 0.3) is 0 Å². The van der Waals surface area contributed by atoms with E-state index in [1.807, 2.05) is 0 Å². The monoisotopic (exact) mass is 311 g/mol. The largest absolute Gasteiger partial charge is 0.310 e. The lowest BCUT2D eigenvalue weighted by atomic mass is 9.69. The summed E-state index contributed by atoms with van der Waals surface area (Å²) in [5, 5.41) is 3.96. The summed E-state index contributed by atoms with van der Waals surface area (Å²) in [7, 11) is 0. The van der Waals surface area contributed by atoms with Gasteiger partial charge in [-0.2, -0.15) is 0 Å². The number of hydrogen-bond donors (Lipinski definition) is 1. The lowest BCUT2D eigenvalue weighted by Crippen LogP contribution is -2.36. The Kier molecular flexibility index (Phi) is 5.67. The molecule has 1 saturated carbocycles. The van der Waals surface area contributed by atoms with E-state index in [2.05, 4.69) is 26.1 Å². The van der Waals surface area contributed by atoms with Crippen molar-refractivity contribution in [1.29, 1.82) is 0 Å². The molecule has 0 spiro atoms. The molecule has 1 aliphatic carbocycles. The molecule has 1 N–H and O–H groups in total. The minimum absolute atomic E-state index is 0.212. The second-order valence-electron chi connectivity index (χ2n) is 7.01. The highest BCUT2D eigenvalue weighted by Gasteiger charge is 2.31. The van der Waals surface area contributed by atoms with E-state index >= 15 is 0 Å². The van der Waals surface area contributed by atoms with Crippen LogP contribution in [0.1, 0.15) is 58.4 Å². The normalized spacial score (nSPS) is 23.3. The summed E-state index contributed by atoms with van der Waals surface area (Å²) in [6.45, 7) is 7.65. The van der Waals surface area contributed by atoms with Gasteiger partial charge in [-0.3, -0.25) is 0 Å². The van der Waals surface area contributed by atoms with Crippen molar-refractivity contribution in [3.05, 3.63) is 34.6 Å². The van der Waals surface area contributed by atoms with Crippen molar-refractivity contribution in [3.8, 4) is 0 Å². The zero-order valence-corrected chi connectivity index (χ0v) is 14.1. The average Bonchev–Trinajstić information content (AvgIpc) is 2.47. The molecule has 1 aliphatic rings. The maximum atomic E-state index is 13.7. The lowest BCUT2D eigenvalue weighted by molar-refractivity contribution is 0.136. The van der Waals surface area contributed by atoms with Crippen molar-refractivity contribution < 1.29 is 4.39 Å². The molecule has 0 saturated heterocycles. The Morgan fingerprint density at radius 3 is 2.48 bits per heavy atom. The third kappa shape index (κ3) is 4.43. The van der Waals surface area contributed by atoms with Crippen molar-refractivity contribution in [2.45, 2.75) is 65.5 Å². The molecule has 0 bridgehead atoms. The molecule has 21 heavy (non-hydrogen) atoms. The van der Waals surface area contributed by atoms with Crippen LogP contribution in [-0.2, 0) is 6.54 Å². The molecule has 0 amide bonds. The van der Waals surface area contributed by atoms with E-state index in [0.29, 0.717) is 28.6 Å². The second-order valence-corrected chi connectivity index (χ2v) is 7.44. The Hall–Kier alpha value is -0.600. The number of nitrogens with one attached hydrogen (secondary N) is 1. The minimum Gasteiger partial charge on any atom is -0.310 e. The topological polar surface area (TPSA) is 12.0 Å². The highest BCUT2D eigenvalue weighted by atomic mass is 35.5. The molecular weight excluding hydrogens is 285 g/mol. The molecule has 118 valence electrons. The van der Waals surface area contributed by atoms with E-state index in [0.717, 1.165) is 5.92 Å². The third-order valence-electron chi connectivity index (χ3n) is 5.34. The fourth-order valence-corrected chi connectivity index (χ4v) is 3.45. The Morgan fingerprint density at radius 2 is 1.90 bits per heavy atom. The fraction of sp³-hybridized carbons (Fsp3) is 0.667. The average molecular weight is 312 g/mol. The molecule has 0 aromatic heterocycles. The first-order chi connectivity index (χ1) is 9.92. The minimum atomic E-state index is -0.212. The molecule has 0 radical (unpaired) electrons. The summed E-state index contributed by atoms with van der Waals surface area (Å²) in [5.74, 6) is 0.614. The molecule has 1 fully saturated rings. The molecule has 3 heteroatoms. The maximum Gasteiger partial charge on any atom is 0.129 e. The Balaban J connectivity index is 1.81. The summed E-state index contributed by atoms with van der Waals surface area (Å²) in [4.78, 5) is 0. The molecule has 0 aliphatic heterocycles. The highest BCUT2D eigenvalue weighted by molar-refractivity contribution is 6.30. The maximum absolute atomic E-state index is 13.7. The van der Waals surface area contributed by atoms with Gasteiger partial charge < -0.3 is 5.32 Å². The van der Waals surface area contributed by atoms with Crippen LogP contribution >= 0.6 is 11.6 Å². The van der Waals surface area contributed by atoms with E-state index in [1.54, 1.807) is 12.1 Å². The van der Waals surface area contributed by atoms with Crippen LogP contribution in [0.5, 0.6) is 0 Å². The first-order valence-corrected chi connectivity index (χ1v) is 8.47. The van der Waals surface area contributed by atoms with Crippen molar-refractivity contribution in [2.24, 2.45) is 11.3 Å². The molecule has 0 atom stereocenters. The number of rotatable bonds is 5. The predicted molar refractivity (Wildman–Crippen MR) is 88.1 cm³/mol.